The lowest BCUT2D eigenvalue weighted by atomic mass is 9.79. The first kappa shape index (κ1) is 30.4. The monoisotopic (exact) mass is 466 g/mol. The molecule has 1 rings (SSSR count). The van der Waals surface area contributed by atoms with E-state index >= 15 is 0 Å². The molecule has 1 saturated heterocycles. The maximum Gasteiger partial charge on any atom is 0.166 e. The van der Waals surface area contributed by atoms with E-state index in [0.29, 0.717) is 0 Å². The molecule has 0 spiro atoms. The number of piperidine rings is 1. The Morgan fingerprint density at radius 1 is 0.727 bits per heavy atom. The van der Waals surface area contributed by atoms with E-state index in [0.717, 1.165) is 38.7 Å². The lowest BCUT2D eigenvalue weighted by Crippen LogP contribution is -2.62. The van der Waals surface area contributed by atoms with E-state index in [-0.39, 0.29) is 17.1 Å². The maximum atomic E-state index is 12.9. The van der Waals surface area contributed by atoms with Gasteiger partial charge in [0.15, 0.2) is 12.3 Å². The van der Waals surface area contributed by atoms with Crippen molar-refractivity contribution in [3.63, 3.8) is 0 Å². The third kappa shape index (κ3) is 12.6. The predicted molar refractivity (Wildman–Crippen MR) is 144 cm³/mol. The Balaban J connectivity index is 2.35. The molecule has 0 amide bonds. The molecule has 1 heterocycles. The molecule has 1 aliphatic heterocycles. The topological polar surface area (TPSA) is 38.5 Å². The largest absolute Gasteiger partial charge is 0.624 e. The number of rotatable bonds is 19. The first-order valence-corrected chi connectivity index (χ1v) is 14.5. The Morgan fingerprint density at radius 3 is 1.64 bits per heavy atom. The van der Waals surface area contributed by atoms with Crippen molar-refractivity contribution in [2.45, 2.75) is 174 Å². The van der Waals surface area contributed by atoms with Crippen molar-refractivity contribution in [1.82, 2.24) is 5.06 Å². The lowest BCUT2D eigenvalue weighted by molar-refractivity contribution is -0.517. The molecule has 4 nitrogen and oxygen atoms in total. The van der Waals surface area contributed by atoms with Crippen LogP contribution in [0.5, 0.6) is 0 Å². The third-order valence-corrected chi connectivity index (χ3v) is 7.26. The van der Waals surface area contributed by atoms with E-state index in [4.69, 9.17) is 4.84 Å². The number of nitrogens with zero attached hydrogens (tertiary/aromatic N) is 2. The summed E-state index contributed by atoms with van der Waals surface area (Å²) >= 11 is 0. The molecule has 0 N–H and O–H groups in total. The van der Waals surface area contributed by atoms with E-state index < -0.39 is 0 Å². The van der Waals surface area contributed by atoms with Gasteiger partial charge in [-0.3, -0.25) is 4.84 Å². The van der Waals surface area contributed by atoms with Gasteiger partial charge >= 0.3 is 0 Å². The second-order valence-electron chi connectivity index (χ2n) is 11.7. The number of hydrogen-bond donors (Lipinski definition) is 0. The van der Waals surface area contributed by atoms with Gasteiger partial charge in [0.05, 0.1) is 6.61 Å². The predicted octanol–water partition coefficient (Wildman–Crippen LogP) is 8.80. The SMILES string of the molecule is CCCCCCCCCCCC=[N+]([O-])C1CC(C)(C)N(OCCCCCCCC)C(C)(C)C1. The van der Waals surface area contributed by atoms with Gasteiger partial charge in [-0.05, 0) is 40.5 Å². The molecule has 196 valence electrons. The summed E-state index contributed by atoms with van der Waals surface area (Å²) in [5.74, 6) is 0. The van der Waals surface area contributed by atoms with Gasteiger partial charge in [-0.15, -0.1) is 0 Å². The minimum absolute atomic E-state index is 0.0439. The molecule has 0 aliphatic carbocycles. The summed E-state index contributed by atoms with van der Waals surface area (Å²) in [6.45, 7) is 14.2. The van der Waals surface area contributed by atoms with Crippen LogP contribution in [0.4, 0.5) is 0 Å². The fraction of sp³-hybridized carbons (Fsp3) is 0.966. The molecule has 0 bridgehead atoms. The summed E-state index contributed by atoms with van der Waals surface area (Å²) in [5, 5.41) is 15.1. The molecule has 0 unspecified atom stereocenters. The third-order valence-electron chi connectivity index (χ3n) is 7.26. The highest BCUT2D eigenvalue weighted by Crippen LogP contribution is 2.39. The van der Waals surface area contributed by atoms with Crippen LogP contribution >= 0.6 is 0 Å². The van der Waals surface area contributed by atoms with Crippen molar-refractivity contribution < 1.29 is 9.58 Å². The number of unbranched alkanes of at least 4 members (excludes halogenated alkanes) is 14. The zero-order valence-electron chi connectivity index (χ0n) is 23.3. The average Bonchev–Trinajstić information content (AvgIpc) is 2.75. The van der Waals surface area contributed by atoms with Gasteiger partial charge in [0.25, 0.3) is 0 Å². The van der Waals surface area contributed by atoms with Crippen molar-refractivity contribution in [3.8, 4) is 0 Å². The Morgan fingerprint density at radius 2 is 1.15 bits per heavy atom. The molecule has 1 fully saturated rings. The highest BCUT2D eigenvalue weighted by Gasteiger charge is 2.49. The molecule has 0 aromatic rings. The smallest absolute Gasteiger partial charge is 0.166 e. The Bertz CT molecular complexity index is 498. The van der Waals surface area contributed by atoms with Crippen LogP contribution in [0.1, 0.15) is 157 Å². The van der Waals surface area contributed by atoms with Crippen LogP contribution in [-0.4, -0.2) is 39.7 Å². The van der Waals surface area contributed by atoms with Gasteiger partial charge in [0, 0.05) is 30.3 Å². The second kappa shape index (κ2) is 16.9. The maximum absolute atomic E-state index is 12.9. The van der Waals surface area contributed by atoms with Crippen molar-refractivity contribution >= 4 is 6.21 Å². The second-order valence-corrected chi connectivity index (χ2v) is 11.7. The van der Waals surface area contributed by atoms with E-state index in [9.17, 15) is 5.21 Å². The molecule has 0 atom stereocenters. The van der Waals surface area contributed by atoms with E-state index in [1.54, 1.807) is 0 Å². The summed E-state index contributed by atoms with van der Waals surface area (Å²) in [7, 11) is 0. The first-order chi connectivity index (χ1) is 15.7. The van der Waals surface area contributed by atoms with Crippen LogP contribution in [0.2, 0.25) is 0 Å². The molecule has 1 aliphatic rings. The van der Waals surface area contributed by atoms with Crippen LogP contribution in [0, 0.1) is 5.21 Å². The quantitative estimate of drug-likeness (QED) is 0.0627. The van der Waals surface area contributed by atoms with Gasteiger partial charge in [-0.1, -0.05) is 97.3 Å². The molecule has 0 aromatic heterocycles. The summed E-state index contributed by atoms with van der Waals surface area (Å²) < 4.78 is 1.28. The molecule has 0 radical (unpaired) electrons. The lowest BCUT2D eigenvalue weighted by Gasteiger charge is -2.52. The first-order valence-electron chi connectivity index (χ1n) is 14.5. The summed E-state index contributed by atoms with van der Waals surface area (Å²) in [5.41, 5.74) is -0.272. The summed E-state index contributed by atoms with van der Waals surface area (Å²) in [4.78, 5) is 6.32. The van der Waals surface area contributed by atoms with Gasteiger partial charge in [0.1, 0.15) is 0 Å². The van der Waals surface area contributed by atoms with E-state index in [2.05, 4.69) is 46.6 Å². The van der Waals surface area contributed by atoms with Gasteiger partial charge in [-0.2, -0.15) is 5.06 Å². The van der Waals surface area contributed by atoms with Crippen molar-refractivity contribution in [2.75, 3.05) is 6.61 Å². The Hall–Kier alpha value is -0.610. The molecular weight excluding hydrogens is 408 g/mol. The molecular formula is C29H58N2O2. The molecule has 0 aromatic carbocycles. The van der Waals surface area contributed by atoms with E-state index in [1.807, 2.05) is 6.21 Å². The van der Waals surface area contributed by atoms with Crippen molar-refractivity contribution in [3.05, 3.63) is 5.21 Å². The minimum atomic E-state index is -0.136. The number of hydroxylamine groups is 3. The molecule has 0 saturated carbocycles. The Kier molecular flexibility index (Phi) is 15.6. The average molecular weight is 467 g/mol. The standard InChI is InChI=1S/C29H58N2O2/c1-7-9-11-13-15-16-17-18-19-21-23-30(32)27-25-28(3,4)31(29(5,6)26-27)33-24-22-20-14-12-10-8-2/h23,27H,7-22,24-26H2,1-6H3. The fourth-order valence-corrected chi connectivity index (χ4v) is 5.60. The molecule has 4 heteroatoms. The van der Waals surface area contributed by atoms with Gasteiger partial charge in [0.2, 0.25) is 0 Å². The van der Waals surface area contributed by atoms with Crippen LogP contribution in [0.25, 0.3) is 0 Å². The highest BCUT2D eigenvalue weighted by atomic mass is 16.7. The van der Waals surface area contributed by atoms with Gasteiger partial charge < -0.3 is 5.21 Å². The molecule has 33 heavy (non-hydrogen) atoms. The zero-order valence-corrected chi connectivity index (χ0v) is 23.3. The van der Waals surface area contributed by atoms with Crippen molar-refractivity contribution in [2.24, 2.45) is 0 Å². The van der Waals surface area contributed by atoms with Crippen molar-refractivity contribution in [1.29, 1.82) is 0 Å². The van der Waals surface area contributed by atoms with Crippen LogP contribution in [0.15, 0.2) is 0 Å². The van der Waals surface area contributed by atoms with E-state index in [1.165, 1.54) is 88.2 Å². The normalized spacial score (nSPS) is 19.3. The van der Waals surface area contributed by atoms with Gasteiger partial charge in [-0.25, -0.2) is 4.74 Å². The van der Waals surface area contributed by atoms with Crippen LogP contribution in [-0.2, 0) is 4.84 Å². The Labute approximate surface area is 207 Å². The number of hydrogen-bond acceptors (Lipinski definition) is 3. The fourth-order valence-electron chi connectivity index (χ4n) is 5.60. The summed E-state index contributed by atoms with van der Waals surface area (Å²) in [6.07, 6.45) is 24.1. The highest BCUT2D eigenvalue weighted by molar-refractivity contribution is 5.51. The minimum Gasteiger partial charge on any atom is -0.624 e. The summed E-state index contributed by atoms with van der Waals surface area (Å²) in [6, 6.07) is 0.0439. The van der Waals surface area contributed by atoms with Crippen LogP contribution in [0.3, 0.4) is 0 Å². The zero-order chi connectivity index (χ0) is 24.6. The van der Waals surface area contributed by atoms with Crippen LogP contribution < -0.4 is 0 Å².